The van der Waals surface area contributed by atoms with Gasteiger partial charge in [-0.25, -0.2) is 0 Å². The van der Waals surface area contributed by atoms with E-state index < -0.39 is 0 Å². The number of carbonyl (C=O) groups is 1. The van der Waals surface area contributed by atoms with E-state index in [-0.39, 0.29) is 16.8 Å². The Balaban J connectivity index is 0.000000342. The Kier molecular flexibility index (Phi) is 20.8. The van der Waals surface area contributed by atoms with E-state index in [0.29, 0.717) is 17.5 Å². The van der Waals surface area contributed by atoms with Crippen molar-refractivity contribution in [3.8, 4) is 17.2 Å². The minimum absolute atomic E-state index is 0.0973. The first-order valence-corrected chi connectivity index (χ1v) is 21.8. The second-order valence-electron chi connectivity index (χ2n) is 18.5. The number of ether oxygens (including phenoxy) is 1. The summed E-state index contributed by atoms with van der Waals surface area (Å²) >= 11 is 0. The van der Waals surface area contributed by atoms with Crippen LogP contribution in [0.15, 0.2) is 42.5 Å². The largest absolute Gasteiger partial charge is 0.508 e. The van der Waals surface area contributed by atoms with Crippen LogP contribution in [0, 0.1) is 13.8 Å². The number of unbranched alkanes of at least 4 members (excludes halogenated alkanes) is 1. The molecule has 0 bridgehead atoms. The predicted molar refractivity (Wildman–Crippen MR) is 242 cm³/mol. The average molecular weight is 788 g/mol. The second-order valence-corrected chi connectivity index (χ2v) is 18.5. The van der Waals surface area contributed by atoms with Gasteiger partial charge in [-0.3, -0.25) is 9.69 Å². The molecule has 0 unspecified atom stereocenters. The minimum Gasteiger partial charge on any atom is -0.508 e. The summed E-state index contributed by atoms with van der Waals surface area (Å²) in [4.78, 5) is 16.8. The maximum Gasteiger partial charge on any atom is 0.308 e. The number of rotatable bonds is 14. The molecule has 0 amide bonds. The first kappa shape index (κ1) is 49.8. The highest BCUT2D eigenvalue weighted by Crippen LogP contribution is 2.41. The molecule has 0 radical (unpaired) electrons. The molecule has 0 aliphatic heterocycles. The van der Waals surface area contributed by atoms with Crippen molar-refractivity contribution in [1.29, 1.82) is 0 Å². The molecule has 0 aromatic heterocycles. The Labute approximate surface area is 348 Å². The van der Waals surface area contributed by atoms with Gasteiger partial charge < -0.3 is 25.2 Å². The lowest BCUT2D eigenvalue weighted by Gasteiger charge is -2.36. The molecule has 0 saturated heterocycles. The summed E-state index contributed by atoms with van der Waals surface area (Å²) in [6.45, 7) is 30.1. The maximum absolute atomic E-state index is 11.9. The van der Waals surface area contributed by atoms with E-state index in [4.69, 9.17) is 4.74 Å². The number of nitrogens with one attached hydrogen (secondary N) is 1. The lowest BCUT2D eigenvalue weighted by Crippen LogP contribution is -2.37. The summed E-state index contributed by atoms with van der Waals surface area (Å²) in [5.41, 5.74) is 8.86. The van der Waals surface area contributed by atoms with Crippen molar-refractivity contribution in [2.45, 2.75) is 177 Å². The van der Waals surface area contributed by atoms with Crippen LogP contribution in [0.5, 0.6) is 17.2 Å². The molecule has 1 saturated carbocycles. The third-order valence-corrected chi connectivity index (χ3v) is 10.6. The zero-order valence-corrected chi connectivity index (χ0v) is 38.6. The minimum atomic E-state index is -0.245. The molecule has 0 atom stereocenters. The van der Waals surface area contributed by atoms with E-state index in [0.717, 1.165) is 72.6 Å². The molecule has 0 heterocycles. The summed E-state index contributed by atoms with van der Waals surface area (Å²) in [5, 5.41) is 22.4. The van der Waals surface area contributed by atoms with Crippen LogP contribution < -0.4 is 10.1 Å². The SMILES string of the molecule is CCCCN(Cc1cc(C(C)(C)C)c(OC(C)=O)c(C(C)(C)C)c1)C1CCCCC1.CCCNCc1ccc(O)c(CC)c1.Cc1cc(CN(C)C)cc(C)c1O. The highest BCUT2D eigenvalue weighted by molar-refractivity contribution is 5.71. The number of benzene rings is 3. The summed E-state index contributed by atoms with van der Waals surface area (Å²) in [5.74, 6) is 1.35. The smallest absolute Gasteiger partial charge is 0.308 e. The topological polar surface area (TPSA) is 85.3 Å². The highest BCUT2D eigenvalue weighted by Gasteiger charge is 2.30. The van der Waals surface area contributed by atoms with Gasteiger partial charge in [0.1, 0.15) is 17.2 Å². The lowest BCUT2D eigenvalue weighted by atomic mass is 9.78. The van der Waals surface area contributed by atoms with Gasteiger partial charge in [0, 0.05) is 43.7 Å². The van der Waals surface area contributed by atoms with Gasteiger partial charge in [0.25, 0.3) is 0 Å². The quantitative estimate of drug-likeness (QED) is 0.0852. The number of phenolic OH excluding ortho intramolecular Hbond substituents is 2. The van der Waals surface area contributed by atoms with Crippen LogP contribution in [0.25, 0.3) is 0 Å². The van der Waals surface area contributed by atoms with Gasteiger partial charge in [0.05, 0.1) is 0 Å². The number of aromatic hydroxyl groups is 2. The van der Waals surface area contributed by atoms with Gasteiger partial charge in [-0.05, 0) is 123 Å². The zero-order valence-electron chi connectivity index (χ0n) is 38.6. The van der Waals surface area contributed by atoms with Gasteiger partial charge in [-0.2, -0.15) is 0 Å². The highest BCUT2D eigenvalue weighted by atomic mass is 16.5. The van der Waals surface area contributed by atoms with Crippen LogP contribution in [0.2, 0.25) is 0 Å². The first-order chi connectivity index (χ1) is 26.7. The Morgan fingerprint density at radius 3 is 1.82 bits per heavy atom. The first-order valence-electron chi connectivity index (χ1n) is 21.8. The summed E-state index contributed by atoms with van der Waals surface area (Å²) in [6, 6.07) is 15.2. The fraction of sp³-hybridized carbons (Fsp3) is 0.620. The lowest BCUT2D eigenvalue weighted by molar-refractivity contribution is -0.132. The Bertz CT molecular complexity index is 1600. The summed E-state index contributed by atoms with van der Waals surface area (Å²) in [7, 11) is 4.08. The Morgan fingerprint density at radius 2 is 1.35 bits per heavy atom. The van der Waals surface area contributed by atoms with E-state index in [9.17, 15) is 15.0 Å². The fourth-order valence-corrected chi connectivity index (χ4v) is 7.52. The van der Waals surface area contributed by atoms with E-state index >= 15 is 0 Å². The number of nitrogens with zero attached hydrogens (tertiary/aromatic N) is 2. The van der Waals surface area contributed by atoms with Crippen molar-refractivity contribution in [3.05, 3.63) is 87.0 Å². The van der Waals surface area contributed by atoms with Gasteiger partial charge >= 0.3 is 5.97 Å². The van der Waals surface area contributed by atoms with Crippen LogP contribution in [0.3, 0.4) is 0 Å². The van der Waals surface area contributed by atoms with Gasteiger partial charge in [-0.15, -0.1) is 0 Å². The predicted octanol–water partition coefficient (Wildman–Crippen LogP) is 11.7. The molecule has 1 fully saturated rings. The molecule has 1 aliphatic carbocycles. The van der Waals surface area contributed by atoms with E-state index in [1.807, 2.05) is 46.1 Å². The molecule has 3 N–H and O–H groups in total. The molecule has 7 heteroatoms. The molecule has 0 spiro atoms. The molecule has 1 aliphatic rings. The van der Waals surface area contributed by atoms with E-state index in [1.165, 1.54) is 75.1 Å². The number of hydrogen-bond acceptors (Lipinski definition) is 7. The van der Waals surface area contributed by atoms with Crippen molar-refractivity contribution in [2.24, 2.45) is 0 Å². The fourth-order valence-electron chi connectivity index (χ4n) is 7.52. The second kappa shape index (κ2) is 23.9. The molecule has 3 aromatic carbocycles. The number of carbonyl (C=O) groups excluding carboxylic acids is 1. The maximum atomic E-state index is 11.9. The zero-order chi connectivity index (χ0) is 42.9. The van der Waals surface area contributed by atoms with Crippen LogP contribution in [0.4, 0.5) is 0 Å². The number of aryl methyl sites for hydroxylation is 3. The normalized spacial score (nSPS) is 13.5. The van der Waals surface area contributed by atoms with Crippen LogP contribution in [-0.2, 0) is 41.7 Å². The van der Waals surface area contributed by atoms with Gasteiger partial charge in [0.15, 0.2) is 0 Å². The van der Waals surface area contributed by atoms with E-state index in [2.05, 4.69) is 95.6 Å². The molecular formula is C50H81N3O4. The summed E-state index contributed by atoms with van der Waals surface area (Å²) in [6.07, 6.45) is 11.3. The Hall–Kier alpha value is -3.39. The molecule has 3 aromatic rings. The van der Waals surface area contributed by atoms with Crippen molar-refractivity contribution in [2.75, 3.05) is 27.2 Å². The van der Waals surface area contributed by atoms with Gasteiger partial charge in [0.2, 0.25) is 0 Å². The van der Waals surface area contributed by atoms with Crippen LogP contribution in [0.1, 0.15) is 165 Å². The van der Waals surface area contributed by atoms with E-state index in [1.54, 1.807) is 6.07 Å². The molecule has 7 nitrogen and oxygen atoms in total. The monoisotopic (exact) mass is 788 g/mol. The van der Waals surface area contributed by atoms with Gasteiger partial charge in [-0.1, -0.05) is 124 Å². The average Bonchev–Trinajstić information content (AvgIpc) is 3.13. The molecule has 320 valence electrons. The summed E-state index contributed by atoms with van der Waals surface area (Å²) < 4.78 is 5.82. The van der Waals surface area contributed by atoms with Crippen LogP contribution in [-0.4, -0.2) is 59.2 Å². The third-order valence-electron chi connectivity index (χ3n) is 10.6. The number of esters is 1. The number of hydrogen-bond donors (Lipinski definition) is 3. The number of phenols is 2. The molecule has 4 rings (SSSR count). The van der Waals surface area contributed by atoms with Crippen molar-refractivity contribution < 1.29 is 19.7 Å². The van der Waals surface area contributed by atoms with Crippen LogP contribution >= 0.6 is 0 Å². The molecular weight excluding hydrogens is 707 g/mol. The van der Waals surface area contributed by atoms with Crippen molar-refractivity contribution in [1.82, 2.24) is 15.1 Å². The molecule has 57 heavy (non-hydrogen) atoms. The van der Waals surface area contributed by atoms with Crippen molar-refractivity contribution >= 4 is 5.97 Å². The van der Waals surface area contributed by atoms with Crippen molar-refractivity contribution in [3.63, 3.8) is 0 Å². The third kappa shape index (κ3) is 17.2. The standard InChI is InChI=1S/C27H45NO2.C12H19NO.C11H17NO/c1-9-10-16-28(22-14-12-11-13-15-22)19-21-17-23(26(3,4)5)25(30-20(2)29)24(18-21)27(6,7)8;1-3-7-13-9-10-5-6-12(14)11(4-2)8-10;1-8-5-10(7-12(3)4)6-9(2)11(8)13/h17-18,22H,9-16,19H2,1-8H3;5-6,8,13-14H,3-4,7,9H2,1-2H3;5-6,13H,7H2,1-4H3. The Morgan fingerprint density at radius 1 is 0.789 bits per heavy atom.